The molecule has 0 amide bonds. The third kappa shape index (κ3) is 4.81. The van der Waals surface area contributed by atoms with Crippen LogP contribution in [0.1, 0.15) is 39.6 Å². The summed E-state index contributed by atoms with van der Waals surface area (Å²) in [4.78, 5) is 0.132. The first-order valence-electron chi connectivity index (χ1n) is 7.75. The summed E-state index contributed by atoms with van der Waals surface area (Å²) < 4.78 is 34.8. The van der Waals surface area contributed by atoms with Gasteiger partial charge in [-0.05, 0) is 57.5 Å². The van der Waals surface area contributed by atoms with Crippen LogP contribution in [0.2, 0.25) is 5.02 Å². The van der Waals surface area contributed by atoms with E-state index in [1.165, 1.54) is 24.3 Å². The summed E-state index contributed by atoms with van der Waals surface area (Å²) in [7, 11) is -3.71. The second kappa shape index (κ2) is 7.99. The number of nitrogens with one attached hydrogen (secondary N) is 1. The van der Waals surface area contributed by atoms with Gasteiger partial charge in [-0.2, -0.15) is 0 Å². The minimum absolute atomic E-state index is 0.132. The summed E-state index contributed by atoms with van der Waals surface area (Å²) in [6.45, 7) is 7.95. The van der Waals surface area contributed by atoms with E-state index >= 15 is 0 Å². The van der Waals surface area contributed by atoms with Crippen molar-refractivity contribution in [1.82, 2.24) is 19.5 Å². The highest BCUT2D eigenvalue weighted by Gasteiger charge is 2.23. The van der Waals surface area contributed by atoms with Gasteiger partial charge in [0.1, 0.15) is 0 Å². The molecule has 0 aliphatic carbocycles. The van der Waals surface area contributed by atoms with Gasteiger partial charge in [0.05, 0.1) is 17.2 Å². The number of rotatable bonds is 7. The Morgan fingerprint density at radius 2 is 1.96 bits per heavy atom. The molecule has 25 heavy (non-hydrogen) atoms. The highest BCUT2D eigenvalue weighted by atomic mass is 35.5. The van der Waals surface area contributed by atoms with Gasteiger partial charge in [-0.3, -0.25) is 4.57 Å². The zero-order chi connectivity index (χ0) is 18.6. The molecule has 136 valence electrons. The average molecular weight is 385 g/mol. The number of allylic oxidation sites excluding steroid dienone is 1. The minimum Gasteiger partial charge on any atom is -0.432 e. The smallest absolute Gasteiger partial charge is 0.321 e. The van der Waals surface area contributed by atoms with Crippen molar-refractivity contribution in [3.8, 4) is 6.01 Å². The van der Waals surface area contributed by atoms with Gasteiger partial charge in [0.15, 0.2) is 5.82 Å². The number of ether oxygens (including phenoxy) is 1. The van der Waals surface area contributed by atoms with Crippen LogP contribution in [-0.2, 0) is 16.6 Å². The maximum Gasteiger partial charge on any atom is 0.321 e. The quantitative estimate of drug-likeness (QED) is 0.740. The molecular formula is C16H21ClN4O3S. The zero-order valence-corrected chi connectivity index (χ0v) is 16.1. The third-order valence-corrected chi connectivity index (χ3v) is 5.11. The molecule has 2 rings (SSSR count). The molecule has 0 saturated heterocycles. The molecule has 0 aliphatic heterocycles. The van der Waals surface area contributed by atoms with Crippen LogP contribution in [0.15, 0.2) is 41.0 Å². The van der Waals surface area contributed by atoms with Gasteiger partial charge in [-0.15, -0.1) is 5.10 Å². The Bertz CT molecular complexity index is 856. The molecule has 0 fully saturated rings. The van der Waals surface area contributed by atoms with Crippen molar-refractivity contribution in [2.45, 2.75) is 45.2 Å². The van der Waals surface area contributed by atoms with Crippen molar-refractivity contribution in [1.29, 1.82) is 0 Å². The normalized spacial score (nSPS) is 12.7. The summed E-state index contributed by atoms with van der Waals surface area (Å²) >= 11 is 5.80. The van der Waals surface area contributed by atoms with E-state index in [4.69, 9.17) is 16.3 Å². The summed E-state index contributed by atoms with van der Waals surface area (Å²) in [5, 5.41) is 8.53. The molecule has 1 aromatic heterocycles. The molecule has 9 heteroatoms. The van der Waals surface area contributed by atoms with Crippen LogP contribution in [0.5, 0.6) is 6.01 Å². The maximum atomic E-state index is 12.5. The van der Waals surface area contributed by atoms with Crippen molar-refractivity contribution in [3.63, 3.8) is 0 Å². The van der Waals surface area contributed by atoms with E-state index in [9.17, 15) is 8.42 Å². The standard InChI is InChI=1S/C16H21ClN4O3S/c1-5-21-15(18-19-16(21)24-10-11(2)3)12(4)20-25(22,23)14-8-6-13(17)7-9-14/h6-10,12,20H,5H2,1-4H3/t12-/m1/s1. The molecule has 0 saturated carbocycles. The predicted octanol–water partition coefficient (Wildman–Crippen LogP) is 3.29. The number of hydrogen-bond donors (Lipinski definition) is 1. The number of nitrogens with zero attached hydrogens (tertiary/aromatic N) is 3. The van der Waals surface area contributed by atoms with Crippen LogP contribution in [0, 0.1) is 0 Å². The minimum atomic E-state index is -3.71. The van der Waals surface area contributed by atoms with Crippen LogP contribution < -0.4 is 9.46 Å². The SMILES string of the molecule is CCn1c(OC=C(C)C)nnc1[C@@H](C)NS(=O)(=O)c1ccc(Cl)cc1. The zero-order valence-electron chi connectivity index (χ0n) is 14.5. The molecule has 0 unspecified atom stereocenters. The van der Waals surface area contributed by atoms with E-state index in [1.807, 2.05) is 20.8 Å². The lowest BCUT2D eigenvalue weighted by atomic mass is 10.3. The summed E-state index contributed by atoms with van der Waals surface area (Å²) in [6.07, 6.45) is 1.57. The molecule has 1 atom stereocenters. The van der Waals surface area contributed by atoms with E-state index in [-0.39, 0.29) is 4.90 Å². The second-order valence-corrected chi connectivity index (χ2v) is 7.85. The number of sulfonamides is 1. The molecule has 0 spiro atoms. The van der Waals surface area contributed by atoms with Crippen molar-refractivity contribution in [2.75, 3.05) is 0 Å². The molecule has 2 aromatic rings. The van der Waals surface area contributed by atoms with Gasteiger partial charge >= 0.3 is 6.01 Å². The number of halogens is 1. The van der Waals surface area contributed by atoms with E-state index in [0.29, 0.717) is 23.4 Å². The maximum absolute atomic E-state index is 12.5. The van der Waals surface area contributed by atoms with E-state index in [0.717, 1.165) is 5.57 Å². The number of benzene rings is 1. The third-order valence-electron chi connectivity index (χ3n) is 3.30. The van der Waals surface area contributed by atoms with Crippen LogP contribution in [0.4, 0.5) is 0 Å². The first kappa shape index (κ1) is 19.4. The molecule has 0 aliphatic rings. The molecule has 1 heterocycles. The highest BCUT2D eigenvalue weighted by molar-refractivity contribution is 7.89. The molecule has 0 bridgehead atoms. The predicted molar refractivity (Wildman–Crippen MR) is 95.9 cm³/mol. The summed E-state index contributed by atoms with van der Waals surface area (Å²) in [6, 6.07) is 5.69. The first-order valence-corrected chi connectivity index (χ1v) is 9.61. The Kier molecular flexibility index (Phi) is 6.21. The number of aromatic nitrogens is 3. The van der Waals surface area contributed by atoms with Gasteiger partial charge in [0.25, 0.3) is 0 Å². The Labute approximate surface area is 152 Å². The van der Waals surface area contributed by atoms with E-state index in [1.54, 1.807) is 17.8 Å². The van der Waals surface area contributed by atoms with Crippen LogP contribution in [0.25, 0.3) is 0 Å². The second-order valence-electron chi connectivity index (χ2n) is 5.69. The fourth-order valence-electron chi connectivity index (χ4n) is 2.14. The number of hydrogen-bond acceptors (Lipinski definition) is 5. The van der Waals surface area contributed by atoms with Crippen molar-refractivity contribution in [3.05, 3.63) is 46.9 Å². The van der Waals surface area contributed by atoms with Gasteiger partial charge in [0.2, 0.25) is 10.0 Å². The van der Waals surface area contributed by atoms with Gasteiger partial charge in [-0.1, -0.05) is 16.7 Å². The lowest BCUT2D eigenvalue weighted by Crippen LogP contribution is -2.29. The fraction of sp³-hybridized carbons (Fsp3) is 0.375. The van der Waals surface area contributed by atoms with Gasteiger partial charge in [0, 0.05) is 11.6 Å². The Hall–Kier alpha value is -1.90. The molecule has 1 N–H and O–H groups in total. The summed E-state index contributed by atoms with van der Waals surface area (Å²) in [5.41, 5.74) is 0.976. The first-order chi connectivity index (χ1) is 11.7. The van der Waals surface area contributed by atoms with Crippen LogP contribution in [-0.4, -0.2) is 23.2 Å². The monoisotopic (exact) mass is 384 g/mol. The van der Waals surface area contributed by atoms with Gasteiger partial charge in [-0.25, -0.2) is 13.1 Å². The molecular weight excluding hydrogens is 364 g/mol. The lowest BCUT2D eigenvalue weighted by Gasteiger charge is -2.15. The largest absolute Gasteiger partial charge is 0.432 e. The highest BCUT2D eigenvalue weighted by Crippen LogP contribution is 2.20. The Morgan fingerprint density at radius 3 is 2.52 bits per heavy atom. The van der Waals surface area contributed by atoms with Crippen molar-refractivity contribution >= 4 is 21.6 Å². The Balaban J connectivity index is 2.24. The lowest BCUT2D eigenvalue weighted by molar-refractivity contribution is 0.402. The van der Waals surface area contributed by atoms with Crippen LogP contribution in [0.3, 0.4) is 0 Å². The van der Waals surface area contributed by atoms with E-state index < -0.39 is 16.1 Å². The molecule has 1 aromatic carbocycles. The Morgan fingerprint density at radius 1 is 1.32 bits per heavy atom. The average Bonchev–Trinajstić information content (AvgIpc) is 2.96. The van der Waals surface area contributed by atoms with Gasteiger partial charge < -0.3 is 4.74 Å². The van der Waals surface area contributed by atoms with Crippen LogP contribution >= 0.6 is 11.6 Å². The summed E-state index contributed by atoms with van der Waals surface area (Å²) in [5.74, 6) is 0.470. The van der Waals surface area contributed by atoms with Crippen molar-refractivity contribution < 1.29 is 13.2 Å². The molecule has 7 nitrogen and oxygen atoms in total. The van der Waals surface area contributed by atoms with Crippen molar-refractivity contribution in [2.24, 2.45) is 0 Å². The topological polar surface area (TPSA) is 86.1 Å². The molecule has 0 radical (unpaired) electrons. The van der Waals surface area contributed by atoms with E-state index in [2.05, 4.69) is 14.9 Å². The fourth-order valence-corrected chi connectivity index (χ4v) is 3.47.